The maximum absolute atomic E-state index is 12.0. The number of ether oxygens (including phenoxy) is 2. The van der Waals surface area contributed by atoms with Gasteiger partial charge in [-0.15, -0.1) is 0 Å². The van der Waals surface area contributed by atoms with E-state index in [1.807, 2.05) is 36.4 Å². The van der Waals surface area contributed by atoms with E-state index in [0.29, 0.717) is 31.0 Å². The first kappa shape index (κ1) is 19.8. The summed E-state index contributed by atoms with van der Waals surface area (Å²) in [5.74, 6) is 1.47. The Bertz CT molecular complexity index is 689. The van der Waals surface area contributed by atoms with Gasteiger partial charge in [0.2, 0.25) is 5.91 Å². The number of benzene rings is 2. The van der Waals surface area contributed by atoms with Crippen LogP contribution in [-0.4, -0.2) is 33.2 Å². The molecule has 0 spiro atoms. The molecular formula is C21H28N2O3. The fraction of sp³-hybridized carbons (Fsp3) is 0.381. The SMILES string of the molecule is COc1ccc(CCNC(=O)CCN[C@@H](C)c2ccccc2)cc1OC. The molecule has 1 amide bonds. The number of amides is 1. The Kier molecular flexibility index (Phi) is 7.96. The first-order valence-corrected chi connectivity index (χ1v) is 8.90. The smallest absolute Gasteiger partial charge is 0.221 e. The Hall–Kier alpha value is -2.53. The minimum absolute atomic E-state index is 0.0539. The van der Waals surface area contributed by atoms with Gasteiger partial charge in [0.15, 0.2) is 11.5 Å². The van der Waals surface area contributed by atoms with Crippen molar-refractivity contribution < 1.29 is 14.3 Å². The van der Waals surface area contributed by atoms with E-state index in [1.165, 1.54) is 5.56 Å². The summed E-state index contributed by atoms with van der Waals surface area (Å²) >= 11 is 0. The summed E-state index contributed by atoms with van der Waals surface area (Å²) in [5.41, 5.74) is 2.32. The Labute approximate surface area is 155 Å². The summed E-state index contributed by atoms with van der Waals surface area (Å²) in [4.78, 5) is 12.0. The molecule has 2 rings (SSSR count). The molecule has 0 saturated heterocycles. The average molecular weight is 356 g/mol. The van der Waals surface area contributed by atoms with Crippen LogP contribution in [0.2, 0.25) is 0 Å². The van der Waals surface area contributed by atoms with E-state index >= 15 is 0 Å². The molecule has 140 valence electrons. The lowest BCUT2D eigenvalue weighted by atomic mass is 10.1. The van der Waals surface area contributed by atoms with Crippen molar-refractivity contribution in [3.63, 3.8) is 0 Å². The van der Waals surface area contributed by atoms with Crippen LogP contribution in [0.5, 0.6) is 11.5 Å². The van der Waals surface area contributed by atoms with E-state index < -0.39 is 0 Å². The molecule has 2 aromatic carbocycles. The molecule has 0 saturated carbocycles. The Morgan fingerprint density at radius 1 is 1.00 bits per heavy atom. The summed E-state index contributed by atoms with van der Waals surface area (Å²) in [6.45, 7) is 3.35. The maximum Gasteiger partial charge on any atom is 0.221 e. The molecule has 0 unspecified atom stereocenters. The van der Waals surface area contributed by atoms with Crippen molar-refractivity contribution in [1.82, 2.24) is 10.6 Å². The number of carbonyl (C=O) groups is 1. The molecule has 26 heavy (non-hydrogen) atoms. The second-order valence-corrected chi connectivity index (χ2v) is 6.13. The molecule has 0 aliphatic rings. The highest BCUT2D eigenvalue weighted by atomic mass is 16.5. The summed E-state index contributed by atoms with van der Waals surface area (Å²) in [6.07, 6.45) is 1.21. The van der Waals surface area contributed by atoms with Crippen molar-refractivity contribution in [2.75, 3.05) is 27.3 Å². The third kappa shape index (κ3) is 6.08. The van der Waals surface area contributed by atoms with Gasteiger partial charge >= 0.3 is 0 Å². The average Bonchev–Trinajstić information content (AvgIpc) is 2.68. The quantitative estimate of drug-likeness (QED) is 0.687. The number of nitrogens with one attached hydrogen (secondary N) is 2. The zero-order valence-corrected chi connectivity index (χ0v) is 15.7. The molecular weight excluding hydrogens is 328 g/mol. The largest absolute Gasteiger partial charge is 0.493 e. The molecule has 0 bridgehead atoms. The van der Waals surface area contributed by atoms with Crippen molar-refractivity contribution in [2.45, 2.75) is 25.8 Å². The topological polar surface area (TPSA) is 59.6 Å². The van der Waals surface area contributed by atoms with Crippen LogP contribution in [0.3, 0.4) is 0 Å². The number of hydrogen-bond donors (Lipinski definition) is 2. The van der Waals surface area contributed by atoms with E-state index in [4.69, 9.17) is 9.47 Å². The van der Waals surface area contributed by atoms with E-state index in [-0.39, 0.29) is 11.9 Å². The molecule has 0 heterocycles. The predicted molar refractivity (Wildman–Crippen MR) is 104 cm³/mol. The van der Waals surface area contributed by atoms with Gasteiger partial charge in [-0.2, -0.15) is 0 Å². The predicted octanol–water partition coefficient (Wildman–Crippen LogP) is 3.10. The Morgan fingerprint density at radius 2 is 1.73 bits per heavy atom. The van der Waals surface area contributed by atoms with E-state index in [0.717, 1.165) is 12.0 Å². The van der Waals surface area contributed by atoms with Gasteiger partial charge in [-0.25, -0.2) is 0 Å². The molecule has 5 heteroatoms. The van der Waals surface area contributed by atoms with Gasteiger partial charge in [-0.05, 0) is 36.6 Å². The lowest BCUT2D eigenvalue weighted by Gasteiger charge is -2.14. The van der Waals surface area contributed by atoms with Gasteiger partial charge in [0.1, 0.15) is 0 Å². The Morgan fingerprint density at radius 3 is 2.42 bits per heavy atom. The minimum Gasteiger partial charge on any atom is -0.493 e. The summed E-state index contributed by atoms with van der Waals surface area (Å²) < 4.78 is 10.5. The second-order valence-electron chi connectivity index (χ2n) is 6.13. The zero-order valence-electron chi connectivity index (χ0n) is 15.7. The molecule has 1 atom stereocenters. The lowest BCUT2D eigenvalue weighted by molar-refractivity contribution is -0.120. The Balaban J connectivity index is 1.67. The molecule has 0 aliphatic heterocycles. The summed E-state index contributed by atoms with van der Waals surface area (Å²) in [6, 6.07) is 16.2. The van der Waals surface area contributed by atoms with Gasteiger partial charge in [0, 0.05) is 25.6 Å². The van der Waals surface area contributed by atoms with Crippen molar-refractivity contribution in [1.29, 1.82) is 0 Å². The van der Waals surface area contributed by atoms with Gasteiger partial charge < -0.3 is 20.1 Å². The van der Waals surface area contributed by atoms with Gasteiger partial charge in [-0.3, -0.25) is 4.79 Å². The van der Waals surface area contributed by atoms with Crippen LogP contribution in [0, 0.1) is 0 Å². The molecule has 0 aliphatic carbocycles. The van der Waals surface area contributed by atoms with Crippen LogP contribution in [0.25, 0.3) is 0 Å². The van der Waals surface area contributed by atoms with E-state index in [1.54, 1.807) is 14.2 Å². The fourth-order valence-electron chi connectivity index (χ4n) is 2.73. The standard InChI is InChI=1S/C21H28N2O3/c1-16(18-7-5-4-6-8-18)22-14-12-21(24)23-13-11-17-9-10-19(25-2)20(15-17)26-3/h4-10,15-16,22H,11-14H2,1-3H3,(H,23,24)/t16-/m0/s1. The third-order valence-electron chi connectivity index (χ3n) is 4.29. The van der Waals surface area contributed by atoms with E-state index in [9.17, 15) is 4.79 Å². The number of hydrogen-bond acceptors (Lipinski definition) is 4. The first-order valence-electron chi connectivity index (χ1n) is 8.90. The zero-order chi connectivity index (χ0) is 18.8. The summed E-state index contributed by atoms with van der Waals surface area (Å²) in [5, 5.41) is 6.33. The molecule has 0 aromatic heterocycles. The second kappa shape index (κ2) is 10.5. The van der Waals surface area contributed by atoms with Crippen molar-refractivity contribution in [3.05, 3.63) is 59.7 Å². The minimum atomic E-state index is 0.0539. The molecule has 2 N–H and O–H groups in total. The lowest BCUT2D eigenvalue weighted by Crippen LogP contribution is -2.30. The number of carbonyl (C=O) groups excluding carboxylic acids is 1. The highest BCUT2D eigenvalue weighted by Gasteiger charge is 2.07. The monoisotopic (exact) mass is 356 g/mol. The van der Waals surface area contributed by atoms with Crippen LogP contribution in [-0.2, 0) is 11.2 Å². The van der Waals surface area contributed by atoms with E-state index in [2.05, 4.69) is 29.7 Å². The van der Waals surface area contributed by atoms with Gasteiger partial charge in [0.25, 0.3) is 0 Å². The van der Waals surface area contributed by atoms with Crippen molar-refractivity contribution >= 4 is 5.91 Å². The van der Waals surface area contributed by atoms with Crippen LogP contribution < -0.4 is 20.1 Å². The molecule has 0 radical (unpaired) electrons. The van der Waals surface area contributed by atoms with Crippen LogP contribution in [0.1, 0.15) is 30.5 Å². The highest BCUT2D eigenvalue weighted by Crippen LogP contribution is 2.27. The normalized spacial score (nSPS) is 11.7. The van der Waals surface area contributed by atoms with Gasteiger partial charge in [-0.1, -0.05) is 36.4 Å². The summed E-state index contributed by atoms with van der Waals surface area (Å²) in [7, 11) is 3.23. The molecule has 0 fully saturated rings. The van der Waals surface area contributed by atoms with Crippen LogP contribution in [0.15, 0.2) is 48.5 Å². The third-order valence-corrected chi connectivity index (χ3v) is 4.29. The number of methoxy groups -OCH3 is 2. The highest BCUT2D eigenvalue weighted by molar-refractivity contribution is 5.76. The van der Waals surface area contributed by atoms with Gasteiger partial charge in [0.05, 0.1) is 14.2 Å². The maximum atomic E-state index is 12.0. The number of rotatable bonds is 10. The van der Waals surface area contributed by atoms with Crippen molar-refractivity contribution in [3.8, 4) is 11.5 Å². The molecule has 2 aromatic rings. The molecule has 5 nitrogen and oxygen atoms in total. The fourth-order valence-corrected chi connectivity index (χ4v) is 2.73. The first-order chi connectivity index (χ1) is 12.6. The van der Waals surface area contributed by atoms with Crippen molar-refractivity contribution in [2.24, 2.45) is 0 Å². The van der Waals surface area contributed by atoms with Crippen LogP contribution in [0.4, 0.5) is 0 Å². The van der Waals surface area contributed by atoms with Crippen LogP contribution >= 0.6 is 0 Å².